The third-order valence-corrected chi connectivity index (χ3v) is 2.78. The minimum atomic E-state index is -1.05. The van der Waals surface area contributed by atoms with Crippen LogP contribution in [0, 0.1) is 0 Å². The van der Waals surface area contributed by atoms with E-state index in [1.165, 1.54) is 12.4 Å². The molecule has 2 rings (SSSR count). The van der Waals surface area contributed by atoms with Gasteiger partial charge in [-0.1, -0.05) is 0 Å². The van der Waals surface area contributed by atoms with Gasteiger partial charge in [0, 0.05) is 19.1 Å². The number of carboxylic acid groups (broad SMARTS) is 1. The zero-order valence-corrected chi connectivity index (χ0v) is 9.05. The van der Waals surface area contributed by atoms with Gasteiger partial charge < -0.3 is 15.3 Å². The Morgan fingerprint density at radius 2 is 2.29 bits per heavy atom. The molecule has 1 atom stereocenters. The SMILES string of the molecule is CN[C@@H]1CCN(c2cnc(C(=O)O)cn2)C1.[LiH]. The molecule has 1 aliphatic rings. The third kappa shape index (κ3) is 3.19. The molecule has 17 heavy (non-hydrogen) atoms. The van der Waals surface area contributed by atoms with Crippen LogP contribution in [0.3, 0.4) is 0 Å². The molecule has 7 heteroatoms. The van der Waals surface area contributed by atoms with Crippen molar-refractivity contribution < 1.29 is 9.90 Å². The van der Waals surface area contributed by atoms with E-state index in [0.717, 1.165) is 25.3 Å². The van der Waals surface area contributed by atoms with Crippen LogP contribution in [0.1, 0.15) is 16.9 Å². The van der Waals surface area contributed by atoms with Crippen LogP contribution in [0.15, 0.2) is 12.4 Å². The normalized spacial score (nSPS) is 18.9. The van der Waals surface area contributed by atoms with Crippen LogP contribution in [-0.4, -0.2) is 66.1 Å². The summed E-state index contributed by atoms with van der Waals surface area (Å²) in [5.74, 6) is -0.309. The van der Waals surface area contributed by atoms with Crippen LogP contribution < -0.4 is 10.2 Å². The average Bonchev–Trinajstić information content (AvgIpc) is 2.77. The first kappa shape index (κ1) is 14.0. The van der Waals surface area contributed by atoms with Gasteiger partial charge in [-0.25, -0.2) is 14.8 Å². The van der Waals surface area contributed by atoms with Gasteiger partial charge in [0.25, 0.3) is 0 Å². The molecule has 0 aromatic carbocycles. The van der Waals surface area contributed by atoms with E-state index >= 15 is 0 Å². The second-order valence-corrected chi connectivity index (χ2v) is 3.79. The van der Waals surface area contributed by atoms with Gasteiger partial charge in [0.15, 0.2) is 5.69 Å². The predicted octanol–water partition coefficient (Wildman–Crippen LogP) is -0.676. The number of hydrogen-bond acceptors (Lipinski definition) is 5. The molecule has 2 heterocycles. The summed E-state index contributed by atoms with van der Waals surface area (Å²) in [6.45, 7) is 1.81. The number of hydrogen-bond donors (Lipinski definition) is 2. The Labute approximate surface area is 112 Å². The number of carboxylic acids is 1. The van der Waals surface area contributed by atoms with E-state index in [-0.39, 0.29) is 24.6 Å². The first-order valence-electron chi connectivity index (χ1n) is 5.18. The molecule has 88 valence electrons. The number of likely N-dealkylation sites (N-methyl/N-ethyl adjacent to an activating group) is 1. The molecule has 1 fully saturated rings. The van der Waals surface area contributed by atoms with Gasteiger partial charge in [0.1, 0.15) is 5.82 Å². The van der Waals surface area contributed by atoms with E-state index in [2.05, 4.69) is 20.2 Å². The molecular formula is C10H15LiN4O2. The summed E-state index contributed by atoms with van der Waals surface area (Å²) in [5, 5.41) is 11.9. The van der Waals surface area contributed by atoms with Crippen molar-refractivity contribution in [2.75, 3.05) is 25.0 Å². The van der Waals surface area contributed by atoms with Crippen molar-refractivity contribution in [3.8, 4) is 0 Å². The fourth-order valence-electron chi connectivity index (χ4n) is 1.80. The molecule has 1 aromatic heterocycles. The van der Waals surface area contributed by atoms with Crippen molar-refractivity contribution in [1.29, 1.82) is 0 Å². The molecule has 1 aromatic rings. The topological polar surface area (TPSA) is 78.4 Å². The molecule has 2 N–H and O–H groups in total. The summed E-state index contributed by atoms with van der Waals surface area (Å²) < 4.78 is 0. The summed E-state index contributed by atoms with van der Waals surface area (Å²) in [7, 11) is 1.94. The average molecular weight is 230 g/mol. The zero-order valence-electron chi connectivity index (χ0n) is 9.05. The van der Waals surface area contributed by atoms with Gasteiger partial charge in [-0.2, -0.15) is 0 Å². The van der Waals surface area contributed by atoms with E-state index in [4.69, 9.17) is 5.11 Å². The monoisotopic (exact) mass is 230 g/mol. The molecule has 1 saturated heterocycles. The van der Waals surface area contributed by atoms with Crippen molar-refractivity contribution in [3.63, 3.8) is 0 Å². The zero-order chi connectivity index (χ0) is 11.5. The molecule has 6 nitrogen and oxygen atoms in total. The molecule has 0 spiro atoms. The van der Waals surface area contributed by atoms with Crippen LogP contribution in [0.4, 0.5) is 5.82 Å². The van der Waals surface area contributed by atoms with E-state index in [1.54, 1.807) is 0 Å². The Bertz CT molecular complexity index is 384. The molecule has 0 aliphatic carbocycles. The maximum absolute atomic E-state index is 10.6. The van der Waals surface area contributed by atoms with Crippen molar-refractivity contribution in [2.24, 2.45) is 0 Å². The van der Waals surface area contributed by atoms with Gasteiger partial charge in [-0.15, -0.1) is 0 Å². The van der Waals surface area contributed by atoms with Gasteiger partial charge in [-0.05, 0) is 13.5 Å². The number of aromatic carboxylic acids is 1. The Morgan fingerprint density at radius 1 is 1.53 bits per heavy atom. The third-order valence-electron chi connectivity index (χ3n) is 2.78. The number of nitrogens with one attached hydrogen (secondary N) is 1. The predicted molar refractivity (Wildman–Crippen MR) is 65.8 cm³/mol. The van der Waals surface area contributed by atoms with E-state index in [1.807, 2.05) is 7.05 Å². The van der Waals surface area contributed by atoms with Crippen molar-refractivity contribution >= 4 is 30.6 Å². The second-order valence-electron chi connectivity index (χ2n) is 3.79. The Morgan fingerprint density at radius 3 is 2.76 bits per heavy atom. The maximum atomic E-state index is 10.6. The molecule has 0 bridgehead atoms. The summed E-state index contributed by atoms with van der Waals surface area (Å²) in [6, 6.07) is 0.473. The Kier molecular flexibility index (Phi) is 4.94. The molecule has 0 saturated carbocycles. The molecule has 0 radical (unpaired) electrons. The molecule has 0 unspecified atom stereocenters. The Balaban J connectivity index is 0.00000144. The Hall–Kier alpha value is -1.09. The number of rotatable bonds is 3. The number of nitrogens with zero attached hydrogens (tertiary/aromatic N) is 3. The number of anilines is 1. The number of aromatic nitrogens is 2. The fraction of sp³-hybridized carbons (Fsp3) is 0.500. The summed E-state index contributed by atoms with van der Waals surface area (Å²) in [5.41, 5.74) is -0.0203. The van der Waals surface area contributed by atoms with Crippen molar-refractivity contribution in [3.05, 3.63) is 18.1 Å². The quantitative estimate of drug-likeness (QED) is 0.670. The first-order chi connectivity index (χ1) is 7.70. The number of carbonyl (C=O) groups is 1. The van der Waals surface area contributed by atoms with Gasteiger partial charge >= 0.3 is 24.8 Å². The standard InChI is InChI=1S/C10H14N4O2.Li.H/c1-11-7-2-3-14(6-7)9-5-12-8(4-13-9)10(15)16;;/h4-5,7,11H,2-3,6H2,1H3,(H,15,16);;/t7-;;/m1../s1. The van der Waals surface area contributed by atoms with E-state index < -0.39 is 5.97 Å². The fourth-order valence-corrected chi connectivity index (χ4v) is 1.80. The van der Waals surface area contributed by atoms with Crippen LogP contribution in [0.5, 0.6) is 0 Å². The summed E-state index contributed by atoms with van der Waals surface area (Å²) in [6.07, 6.45) is 3.88. The van der Waals surface area contributed by atoms with Crippen LogP contribution in [-0.2, 0) is 0 Å². The van der Waals surface area contributed by atoms with E-state index in [0.29, 0.717) is 6.04 Å². The van der Waals surface area contributed by atoms with Crippen molar-refractivity contribution in [1.82, 2.24) is 15.3 Å². The molecular weight excluding hydrogens is 215 g/mol. The van der Waals surface area contributed by atoms with E-state index in [9.17, 15) is 4.79 Å². The van der Waals surface area contributed by atoms with Gasteiger partial charge in [-0.3, -0.25) is 0 Å². The molecule has 1 aliphatic heterocycles. The summed E-state index contributed by atoms with van der Waals surface area (Å²) in [4.78, 5) is 20.7. The molecule has 0 amide bonds. The second kappa shape index (κ2) is 6.01. The van der Waals surface area contributed by atoms with Gasteiger partial charge in [0.05, 0.1) is 12.4 Å². The first-order valence-corrected chi connectivity index (χ1v) is 5.18. The minimum absolute atomic E-state index is 0. The van der Waals surface area contributed by atoms with Gasteiger partial charge in [0.2, 0.25) is 0 Å². The van der Waals surface area contributed by atoms with Crippen LogP contribution in [0.25, 0.3) is 0 Å². The summed E-state index contributed by atoms with van der Waals surface area (Å²) >= 11 is 0. The van der Waals surface area contributed by atoms with Crippen LogP contribution in [0.2, 0.25) is 0 Å². The van der Waals surface area contributed by atoms with Crippen LogP contribution >= 0.6 is 0 Å². The van der Waals surface area contributed by atoms with Crippen molar-refractivity contribution in [2.45, 2.75) is 12.5 Å².